The third kappa shape index (κ3) is 3.23. The Labute approximate surface area is 87.3 Å². The van der Waals surface area contributed by atoms with E-state index in [9.17, 15) is 5.11 Å². The molecule has 1 saturated carbocycles. The second kappa shape index (κ2) is 5.10. The SMILES string of the molecule is CC(C)CN(C)C(CO)C(N)C1CC1. The van der Waals surface area contributed by atoms with E-state index in [1.807, 2.05) is 0 Å². The molecule has 0 bridgehead atoms. The number of nitrogens with two attached hydrogens (primary N) is 1. The molecule has 1 aliphatic rings. The highest BCUT2D eigenvalue weighted by molar-refractivity contribution is 4.92. The summed E-state index contributed by atoms with van der Waals surface area (Å²) in [4.78, 5) is 2.20. The van der Waals surface area contributed by atoms with Crippen molar-refractivity contribution in [3.8, 4) is 0 Å². The summed E-state index contributed by atoms with van der Waals surface area (Å²) in [6.45, 7) is 5.56. The van der Waals surface area contributed by atoms with Crippen molar-refractivity contribution in [3.63, 3.8) is 0 Å². The molecule has 0 amide bonds. The van der Waals surface area contributed by atoms with E-state index in [0.29, 0.717) is 11.8 Å². The van der Waals surface area contributed by atoms with Crippen LogP contribution in [-0.2, 0) is 0 Å². The lowest BCUT2D eigenvalue weighted by atomic mass is 10.0. The second-order valence-corrected chi connectivity index (χ2v) is 5.00. The van der Waals surface area contributed by atoms with Crippen molar-refractivity contribution in [2.45, 2.75) is 38.8 Å². The quantitative estimate of drug-likeness (QED) is 0.662. The molecular weight excluding hydrogens is 176 g/mol. The van der Waals surface area contributed by atoms with Crippen molar-refractivity contribution in [2.24, 2.45) is 17.6 Å². The van der Waals surface area contributed by atoms with Crippen LogP contribution < -0.4 is 5.73 Å². The van der Waals surface area contributed by atoms with Crippen LogP contribution in [0, 0.1) is 11.8 Å². The maximum Gasteiger partial charge on any atom is 0.0601 e. The fourth-order valence-electron chi connectivity index (χ4n) is 2.06. The van der Waals surface area contributed by atoms with Gasteiger partial charge in [0.15, 0.2) is 0 Å². The molecule has 1 fully saturated rings. The maximum atomic E-state index is 9.33. The number of hydrogen-bond acceptors (Lipinski definition) is 3. The van der Waals surface area contributed by atoms with Crippen LogP contribution in [0.25, 0.3) is 0 Å². The smallest absolute Gasteiger partial charge is 0.0601 e. The summed E-state index contributed by atoms with van der Waals surface area (Å²) in [6.07, 6.45) is 2.49. The van der Waals surface area contributed by atoms with Crippen LogP contribution in [0.3, 0.4) is 0 Å². The molecule has 3 nitrogen and oxygen atoms in total. The highest BCUT2D eigenvalue weighted by Gasteiger charge is 2.35. The normalized spacial score (nSPS) is 21.6. The Morgan fingerprint density at radius 2 is 2.00 bits per heavy atom. The van der Waals surface area contributed by atoms with Gasteiger partial charge >= 0.3 is 0 Å². The number of hydrogen-bond donors (Lipinski definition) is 2. The summed E-state index contributed by atoms with van der Waals surface area (Å²) >= 11 is 0. The minimum absolute atomic E-state index is 0.143. The number of aliphatic hydroxyl groups excluding tert-OH is 1. The monoisotopic (exact) mass is 200 g/mol. The first-order valence-electron chi connectivity index (χ1n) is 5.63. The van der Waals surface area contributed by atoms with Gasteiger partial charge in [-0.1, -0.05) is 13.8 Å². The Morgan fingerprint density at radius 1 is 1.43 bits per heavy atom. The number of rotatable bonds is 6. The van der Waals surface area contributed by atoms with Gasteiger partial charge in [-0.3, -0.25) is 4.90 Å². The van der Waals surface area contributed by atoms with Gasteiger partial charge in [0.05, 0.1) is 6.61 Å². The molecule has 0 spiro atoms. The minimum atomic E-state index is 0.143. The van der Waals surface area contributed by atoms with Crippen molar-refractivity contribution in [2.75, 3.05) is 20.2 Å². The van der Waals surface area contributed by atoms with Gasteiger partial charge in [-0.25, -0.2) is 0 Å². The molecule has 0 aliphatic heterocycles. The standard InChI is InChI=1S/C11H24N2O/c1-8(2)6-13(3)10(7-14)11(12)9-4-5-9/h8-11,14H,4-7,12H2,1-3H3. The molecule has 0 aromatic rings. The molecule has 0 aromatic carbocycles. The van der Waals surface area contributed by atoms with Gasteiger partial charge in [0.2, 0.25) is 0 Å². The van der Waals surface area contributed by atoms with Crippen molar-refractivity contribution in [3.05, 3.63) is 0 Å². The van der Waals surface area contributed by atoms with Crippen LogP contribution >= 0.6 is 0 Å². The van der Waals surface area contributed by atoms with E-state index in [4.69, 9.17) is 5.73 Å². The Balaban J connectivity index is 2.42. The van der Waals surface area contributed by atoms with Crippen LogP contribution in [0.15, 0.2) is 0 Å². The van der Waals surface area contributed by atoms with Gasteiger partial charge in [-0.2, -0.15) is 0 Å². The molecule has 3 N–H and O–H groups in total. The maximum absolute atomic E-state index is 9.33. The van der Waals surface area contributed by atoms with E-state index in [1.165, 1.54) is 12.8 Å². The summed E-state index contributed by atoms with van der Waals surface area (Å²) in [5.74, 6) is 1.28. The molecule has 0 aromatic heterocycles. The van der Waals surface area contributed by atoms with Crippen molar-refractivity contribution >= 4 is 0 Å². The number of aliphatic hydroxyl groups is 1. The highest BCUT2D eigenvalue weighted by atomic mass is 16.3. The van der Waals surface area contributed by atoms with E-state index >= 15 is 0 Å². The molecule has 0 saturated heterocycles. The van der Waals surface area contributed by atoms with E-state index in [2.05, 4.69) is 25.8 Å². The van der Waals surface area contributed by atoms with Crippen LogP contribution in [0.5, 0.6) is 0 Å². The predicted molar refractivity (Wildman–Crippen MR) is 59.0 cm³/mol. The third-order valence-corrected chi connectivity index (χ3v) is 3.02. The minimum Gasteiger partial charge on any atom is -0.395 e. The molecule has 14 heavy (non-hydrogen) atoms. The Kier molecular flexibility index (Phi) is 4.35. The zero-order chi connectivity index (χ0) is 10.7. The van der Waals surface area contributed by atoms with Crippen molar-refractivity contribution in [1.82, 2.24) is 4.90 Å². The van der Waals surface area contributed by atoms with Crippen LogP contribution in [0.1, 0.15) is 26.7 Å². The molecule has 0 heterocycles. The second-order valence-electron chi connectivity index (χ2n) is 5.00. The van der Waals surface area contributed by atoms with Gasteiger partial charge in [0.25, 0.3) is 0 Å². The largest absolute Gasteiger partial charge is 0.395 e. The summed E-state index contributed by atoms with van der Waals surface area (Å²) in [6, 6.07) is 0.300. The molecule has 3 heteroatoms. The third-order valence-electron chi connectivity index (χ3n) is 3.02. The van der Waals surface area contributed by atoms with Gasteiger partial charge in [0.1, 0.15) is 0 Å². The molecule has 2 atom stereocenters. The summed E-state index contributed by atoms with van der Waals surface area (Å²) in [5, 5.41) is 9.33. The highest BCUT2D eigenvalue weighted by Crippen LogP contribution is 2.33. The van der Waals surface area contributed by atoms with Crippen molar-refractivity contribution < 1.29 is 5.11 Å². The van der Waals surface area contributed by atoms with E-state index in [1.54, 1.807) is 0 Å². The van der Waals surface area contributed by atoms with Crippen molar-refractivity contribution in [1.29, 1.82) is 0 Å². The number of likely N-dealkylation sites (N-methyl/N-ethyl adjacent to an activating group) is 1. The van der Waals surface area contributed by atoms with Gasteiger partial charge in [0, 0.05) is 18.6 Å². The topological polar surface area (TPSA) is 49.5 Å². The molecule has 2 unspecified atom stereocenters. The summed E-state index contributed by atoms with van der Waals surface area (Å²) in [5.41, 5.74) is 6.11. The first-order chi connectivity index (χ1) is 6.56. The number of nitrogens with zero attached hydrogens (tertiary/aromatic N) is 1. The average Bonchev–Trinajstić information content (AvgIpc) is 2.85. The Hall–Kier alpha value is -0.120. The zero-order valence-electron chi connectivity index (χ0n) is 9.61. The van der Waals surface area contributed by atoms with Gasteiger partial charge < -0.3 is 10.8 Å². The molecular formula is C11H24N2O. The first kappa shape index (κ1) is 12.0. The lowest BCUT2D eigenvalue weighted by molar-refractivity contribution is 0.111. The summed E-state index contributed by atoms with van der Waals surface area (Å²) < 4.78 is 0. The molecule has 1 rings (SSSR count). The lowest BCUT2D eigenvalue weighted by Crippen LogP contribution is -2.50. The van der Waals surface area contributed by atoms with E-state index in [0.717, 1.165) is 6.54 Å². The summed E-state index contributed by atoms with van der Waals surface area (Å²) in [7, 11) is 2.06. The molecule has 1 aliphatic carbocycles. The Morgan fingerprint density at radius 3 is 2.36 bits per heavy atom. The zero-order valence-corrected chi connectivity index (χ0v) is 9.61. The molecule has 0 radical (unpaired) electrons. The molecule has 84 valence electrons. The van der Waals surface area contributed by atoms with Crippen LogP contribution in [0.4, 0.5) is 0 Å². The average molecular weight is 200 g/mol. The van der Waals surface area contributed by atoms with Crippen LogP contribution in [-0.4, -0.2) is 42.3 Å². The lowest BCUT2D eigenvalue weighted by Gasteiger charge is -2.32. The fourth-order valence-corrected chi connectivity index (χ4v) is 2.06. The van der Waals surface area contributed by atoms with Crippen LogP contribution in [0.2, 0.25) is 0 Å². The first-order valence-corrected chi connectivity index (χ1v) is 5.63. The Bertz CT molecular complexity index is 169. The van der Waals surface area contributed by atoms with Gasteiger partial charge in [-0.05, 0) is 31.7 Å². The van der Waals surface area contributed by atoms with E-state index in [-0.39, 0.29) is 18.7 Å². The fraction of sp³-hybridized carbons (Fsp3) is 1.00. The predicted octanol–water partition coefficient (Wildman–Crippen LogP) is 0.672. The van der Waals surface area contributed by atoms with E-state index < -0.39 is 0 Å². The van der Waals surface area contributed by atoms with Gasteiger partial charge in [-0.15, -0.1) is 0 Å².